The van der Waals surface area contributed by atoms with Crippen LogP contribution in [0.2, 0.25) is 0 Å². The number of hydrogen-bond acceptors (Lipinski definition) is 6. The van der Waals surface area contributed by atoms with Gasteiger partial charge in [0, 0.05) is 4.43 Å². The quantitative estimate of drug-likeness (QED) is 0.177. The van der Waals surface area contributed by atoms with Gasteiger partial charge >= 0.3 is 11.9 Å². The largest absolute Gasteiger partial charge is 0.464 e. The topological polar surface area (TPSA) is 76.1 Å². The van der Waals surface area contributed by atoms with Gasteiger partial charge in [-0.15, -0.1) is 0 Å². The summed E-state index contributed by atoms with van der Waals surface area (Å²) in [5, 5.41) is 10.6. The second kappa shape index (κ2) is 13.7. The van der Waals surface area contributed by atoms with E-state index >= 15 is 0 Å². The number of esters is 2. The summed E-state index contributed by atoms with van der Waals surface area (Å²) in [7, 11) is 0. The molecule has 0 aliphatic carbocycles. The van der Waals surface area contributed by atoms with Gasteiger partial charge in [0.25, 0.3) is 0 Å². The van der Waals surface area contributed by atoms with Gasteiger partial charge < -0.3 is 14.7 Å². The van der Waals surface area contributed by atoms with Crippen LogP contribution in [-0.4, -0.2) is 56.9 Å². The molecule has 2 atom stereocenters. The van der Waals surface area contributed by atoms with Crippen LogP contribution in [0.3, 0.4) is 0 Å². The van der Waals surface area contributed by atoms with E-state index in [1.165, 1.54) is 0 Å². The Bertz CT molecular complexity index is 326. The Morgan fingerprint density at radius 3 is 2.14 bits per heavy atom. The zero-order valence-electron chi connectivity index (χ0n) is 13.1. The highest BCUT2D eigenvalue weighted by atomic mass is 127. The summed E-state index contributed by atoms with van der Waals surface area (Å²) < 4.78 is 10.8. The zero-order valence-corrected chi connectivity index (χ0v) is 17.4. The lowest BCUT2D eigenvalue weighted by Crippen LogP contribution is -2.31. The molecular formula is C14H25I2NO5. The summed E-state index contributed by atoms with van der Waals surface area (Å²) in [6, 6.07) is 0. The third-order valence-corrected chi connectivity index (χ3v) is 5.19. The molecule has 8 heteroatoms. The van der Waals surface area contributed by atoms with Crippen LogP contribution >= 0.6 is 45.2 Å². The molecule has 0 fully saturated rings. The number of carbonyl (C=O) groups is 2. The monoisotopic (exact) mass is 541 g/mol. The average molecular weight is 541 g/mol. The summed E-state index contributed by atoms with van der Waals surface area (Å²) in [5.41, 5.74) is 0. The van der Waals surface area contributed by atoms with Crippen LogP contribution in [0.15, 0.2) is 0 Å². The van der Waals surface area contributed by atoms with Crippen LogP contribution in [0.1, 0.15) is 33.1 Å². The lowest BCUT2D eigenvalue weighted by atomic mass is 10.1. The number of rotatable bonds is 12. The van der Waals surface area contributed by atoms with Crippen molar-refractivity contribution in [3.63, 3.8) is 0 Å². The normalized spacial score (nSPS) is 13.7. The standard InChI is InChI=1S/C14H25I2NO5/c1-3-5-12(16)14(19)22-9-7-17(20)6-8-21-13(18)11(4-2)10-15/h11-12,20H,3-10H2,1-2H3. The van der Waals surface area contributed by atoms with Crippen LogP contribution in [0.4, 0.5) is 0 Å². The molecule has 0 aromatic heterocycles. The predicted molar refractivity (Wildman–Crippen MR) is 101 cm³/mol. The van der Waals surface area contributed by atoms with Crippen molar-refractivity contribution in [2.24, 2.45) is 5.92 Å². The van der Waals surface area contributed by atoms with Crippen molar-refractivity contribution < 1.29 is 24.3 Å². The fraction of sp³-hybridized carbons (Fsp3) is 0.857. The Morgan fingerprint density at radius 2 is 1.68 bits per heavy atom. The zero-order chi connectivity index (χ0) is 17.0. The highest BCUT2D eigenvalue weighted by molar-refractivity contribution is 14.1. The van der Waals surface area contributed by atoms with E-state index in [0.29, 0.717) is 0 Å². The molecule has 0 bridgehead atoms. The molecule has 0 rings (SSSR count). The van der Waals surface area contributed by atoms with Crippen molar-refractivity contribution in [1.82, 2.24) is 5.06 Å². The Balaban J connectivity index is 3.76. The molecule has 22 heavy (non-hydrogen) atoms. The molecule has 0 spiro atoms. The lowest BCUT2D eigenvalue weighted by Gasteiger charge is -2.16. The Morgan fingerprint density at radius 1 is 1.14 bits per heavy atom. The molecule has 1 N–H and O–H groups in total. The van der Waals surface area contributed by atoms with E-state index in [1.54, 1.807) is 0 Å². The van der Waals surface area contributed by atoms with Gasteiger partial charge in [-0.3, -0.25) is 9.59 Å². The fourth-order valence-corrected chi connectivity index (χ4v) is 3.32. The van der Waals surface area contributed by atoms with Crippen LogP contribution in [0.25, 0.3) is 0 Å². The van der Waals surface area contributed by atoms with E-state index in [-0.39, 0.29) is 48.1 Å². The molecule has 130 valence electrons. The number of hydrogen-bond donors (Lipinski definition) is 1. The van der Waals surface area contributed by atoms with Crippen LogP contribution in [0.5, 0.6) is 0 Å². The van der Waals surface area contributed by atoms with E-state index in [2.05, 4.69) is 45.2 Å². The Kier molecular flexibility index (Phi) is 13.9. The Hall–Kier alpha value is 0.320. The molecule has 0 aliphatic rings. The van der Waals surface area contributed by atoms with Crippen molar-refractivity contribution in [3.05, 3.63) is 0 Å². The summed E-state index contributed by atoms with van der Waals surface area (Å²) in [4.78, 5) is 23.2. The molecule has 0 saturated heterocycles. The van der Waals surface area contributed by atoms with E-state index < -0.39 is 0 Å². The number of hydroxylamine groups is 2. The summed E-state index contributed by atoms with van der Waals surface area (Å²) in [6.45, 7) is 4.60. The summed E-state index contributed by atoms with van der Waals surface area (Å²) in [6.07, 6.45) is 2.46. The average Bonchev–Trinajstić information content (AvgIpc) is 2.48. The SMILES string of the molecule is CCCC(I)C(=O)OCCN(O)CCOC(=O)C(CC)CI. The molecule has 0 saturated carbocycles. The molecule has 0 heterocycles. The van der Waals surface area contributed by atoms with Gasteiger partial charge in [-0.1, -0.05) is 65.5 Å². The lowest BCUT2D eigenvalue weighted by molar-refractivity contribution is -0.156. The van der Waals surface area contributed by atoms with Gasteiger partial charge in [-0.05, 0) is 12.8 Å². The van der Waals surface area contributed by atoms with Crippen LogP contribution in [-0.2, 0) is 19.1 Å². The van der Waals surface area contributed by atoms with Gasteiger partial charge in [0.05, 0.1) is 19.0 Å². The molecule has 2 unspecified atom stereocenters. The highest BCUT2D eigenvalue weighted by Crippen LogP contribution is 2.10. The number of ether oxygens (including phenoxy) is 2. The molecule has 0 aromatic carbocycles. The maximum absolute atomic E-state index is 11.6. The molecule has 0 amide bonds. The highest BCUT2D eigenvalue weighted by Gasteiger charge is 2.17. The maximum Gasteiger partial charge on any atom is 0.318 e. The minimum atomic E-state index is -0.255. The number of alkyl halides is 2. The number of carbonyl (C=O) groups excluding carboxylic acids is 2. The molecular weight excluding hydrogens is 516 g/mol. The van der Waals surface area contributed by atoms with E-state index in [1.807, 2.05) is 13.8 Å². The van der Waals surface area contributed by atoms with Crippen molar-refractivity contribution in [2.45, 2.75) is 37.0 Å². The van der Waals surface area contributed by atoms with Gasteiger partial charge in [0.1, 0.15) is 17.1 Å². The minimum Gasteiger partial charge on any atom is -0.464 e. The van der Waals surface area contributed by atoms with E-state index in [0.717, 1.165) is 28.8 Å². The molecule has 0 aliphatic heterocycles. The first-order valence-electron chi connectivity index (χ1n) is 7.43. The summed E-state index contributed by atoms with van der Waals surface area (Å²) >= 11 is 4.21. The second-order valence-corrected chi connectivity index (χ2v) is 7.19. The molecule has 0 aromatic rings. The van der Waals surface area contributed by atoms with Crippen LogP contribution in [0, 0.1) is 5.92 Å². The number of halogens is 2. The van der Waals surface area contributed by atoms with Crippen molar-refractivity contribution in [1.29, 1.82) is 0 Å². The van der Waals surface area contributed by atoms with Crippen molar-refractivity contribution >= 4 is 57.1 Å². The van der Waals surface area contributed by atoms with Gasteiger partial charge in [-0.2, -0.15) is 5.06 Å². The molecule has 0 radical (unpaired) electrons. The third-order valence-electron chi connectivity index (χ3n) is 3.00. The number of nitrogens with zero attached hydrogens (tertiary/aromatic N) is 1. The fourth-order valence-electron chi connectivity index (χ4n) is 1.53. The van der Waals surface area contributed by atoms with Crippen molar-refractivity contribution in [3.8, 4) is 0 Å². The molecule has 6 nitrogen and oxygen atoms in total. The van der Waals surface area contributed by atoms with Gasteiger partial charge in [0.15, 0.2) is 0 Å². The van der Waals surface area contributed by atoms with Gasteiger partial charge in [-0.25, -0.2) is 0 Å². The first-order chi connectivity index (χ1) is 10.5. The minimum absolute atomic E-state index is 0.0900. The first kappa shape index (κ1) is 22.3. The second-order valence-electron chi connectivity index (χ2n) is 4.80. The van der Waals surface area contributed by atoms with E-state index in [9.17, 15) is 14.8 Å². The van der Waals surface area contributed by atoms with Crippen molar-refractivity contribution in [2.75, 3.05) is 30.7 Å². The summed E-state index contributed by atoms with van der Waals surface area (Å²) in [5.74, 6) is -0.577. The Labute approximate surface area is 159 Å². The van der Waals surface area contributed by atoms with E-state index in [4.69, 9.17) is 9.47 Å². The van der Waals surface area contributed by atoms with Gasteiger partial charge in [0.2, 0.25) is 0 Å². The maximum atomic E-state index is 11.6. The first-order valence-corrected chi connectivity index (χ1v) is 10.2. The van der Waals surface area contributed by atoms with Crippen LogP contribution < -0.4 is 0 Å². The predicted octanol–water partition coefficient (Wildman–Crippen LogP) is 2.83. The smallest absolute Gasteiger partial charge is 0.318 e. The third kappa shape index (κ3) is 10.2.